The van der Waals surface area contributed by atoms with Crippen molar-refractivity contribution < 1.29 is 8.42 Å². The molecule has 2 rings (SSSR count). The number of piperidine rings is 1. The van der Waals surface area contributed by atoms with Crippen LogP contribution in [0.25, 0.3) is 0 Å². The fourth-order valence-electron chi connectivity index (χ4n) is 2.38. The molecule has 0 aromatic carbocycles. The Bertz CT molecular complexity index is 595. The maximum absolute atomic E-state index is 12.4. The highest BCUT2D eigenvalue weighted by atomic mass is 32.2. The van der Waals surface area contributed by atoms with E-state index < -0.39 is 10.0 Å². The molecule has 1 fully saturated rings. The number of thiophene rings is 1. The van der Waals surface area contributed by atoms with Crippen LogP contribution in [0.3, 0.4) is 0 Å². The van der Waals surface area contributed by atoms with Crippen LogP contribution in [-0.4, -0.2) is 51.4 Å². The maximum Gasteiger partial charge on any atom is 0.252 e. The summed E-state index contributed by atoms with van der Waals surface area (Å²) in [6.07, 6.45) is 2.06. The lowest BCUT2D eigenvalue weighted by atomic mass is 9.97. The zero-order valence-corrected chi connectivity index (χ0v) is 13.4. The summed E-state index contributed by atoms with van der Waals surface area (Å²) in [5.74, 6) is 0.418. The minimum Gasteiger partial charge on any atom is -0.306 e. The van der Waals surface area contributed by atoms with Crippen LogP contribution in [0.15, 0.2) is 16.3 Å². The topological polar surface area (TPSA) is 64.4 Å². The third kappa shape index (κ3) is 3.38. The molecule has 7 heteroatoms. The lowest BCUT2D eigenvalue weighted by Crippen LogP contribution is -2.37. The minimum atomic E-state index is -3.45. The summed E-state index contributed by atoms with van der Waals surface area (Å²) in [5, 5.41) is 8.79. The van der Waals surface area contributed by atoms with Crippen LogP contribution in [0.4, 0.5) is 0 Å². The van der Waals surface area contributed by atoms with Gasteiger partial charge in [0.25, 0.3) is 10.0 Å². The van der Waals surface area contributed by atoms with E-state index in [1.54, 1.807) is 13.1 Å². The van der Waals surface area contributed by atoms with Gasteiger partial charge in [-0.25, -0.2) is 8.42 Å². The van der Waals surface area contributed by atoms with Gasteiger partial charge in [-0.15, -0.1) is 11.3 Å². The second-order valence-electron chi connectivity index (χ2n) is 5.26. The van der Waals surface area contributed by atoms with Crippen LogP contribution >= 0.6 is 11.3 Å². The smallest absolute Gasteiger partial charge is 0.252 e. The van der Waals surface area contributed by atoms with Crippen LogP contribution < -0.4 is 0 Å². The summed E-state index contributed by atoms with van der Waals surface area (Å²) in [4.78, 5) is 2.69. The number of hydrogen-bond acceptors (Lipinski definition) is 5. The Hall–Kier alpha value is -0.940. The first kappa shape index (κ1) is 15.4. The van der Waals surface area contributed by atoms with Gasteiger partial charge in [-0.05, 0) is 51.0 Å². The molecular formula is C13H19N3O2S2. The Morgan fingerprint density at radius 1 is 1.45 bits per heavy atom. The van der Waals surface area contributed by atoms with E-state index in [2.05, 4.69) is 11.9 Å². The van der Waals surface area contributed by atoms with Crippen molar-refractivity contribution in [1.29, 1.82) is 5.26 Å². The summed E-state index contributed by atoms with van der Waals surface area (Å²) in [6.45, 7) is 2.60. The molecule has 1 saturated heterocycles. The van der Waals surface area contributed by atoms with Crippen LogP contribution in [0.5, 0.6) is 0 Å². The summed E-state index contributed by atoms with van der Waals surface area (Å²) < 4.78 is 26.5. The van der Waals surface area contributed by atoms with Crippen molar-refractivity contribution in [2.45, 2.75) is 17.1 Å². The van der Waals surface area contributed by atoms with E-state index in [-0.39, 0.29) is 4.21 Å². The molecule has 1 aromatic heterocycles. The van der Waals surface area contributed by atoms with Crippen molar-refractivity contribution in [1.82, 2.24) is 9.21 Å². The van der Waals surface area contributed by atoms with Gasteiger partial charge in [0, 0.05) is 13.6 Å². The third-order valence-electron chi connectivity index (χ3n) is 3.71. The molecule has 0 radical (unpaired) electrons. The van der Waals surface area contributed by atoms with Crippen molar-refractivity contribution in [2.24, 2.45) is 5.92 Å². The predicted molar refractivity (Wildman–Crippen MR) is 79.1 cm³/mol. The van der Waals surface area contributed by atoms with Crippen molar-refractivity contribution in [3.05, 3.63) is 17.0 Å². The first-order valence-electron chi connectivity index (χ1n) is 6.58. The molecule has 0 N–H and O–H groups in total. The molecule has 1 aliphatic heterocycles. The minimum absolute atomic E-state index is 0.254. The van der Waals surface area contributed by atoms with Crippen molar-refractivity contribution >= 4 is 21.4 Å². The highest BCUT2D eigenvalue weighted by molar-refractivity contribution is 7.91. The van der Waals surface area contributed by atoms with Crippen molar-refractivity contribution in [2.75, 3.05) is 33.7 Å². The molecular weight excluding hydrogens is 294 g/mol. The Morgan fingerprint density at radius 2 is 2.10 bits per heavy atom. The van der Waals surface area contributed by atoms with Crippen LogP contribution in [0.2, 0.25) is 0 Å². The van der Waals surface area contributed by atoms with E-state index >= 15 is 0 Å². The molecule has 0 unspecified atom stereocenters. The molecule has 0 amide bonds. The highest BCUT2D eigenvalue weighted by Gasteiger charge is 2.26. The van der Waals surface area contributed by atoms with E-state index in [4.69, 9.17) is 5.26 Å². The Balaban J connectivity index is 2.04. The third-order valence-corrected chi connectivity index (χ3v) is 6.99. The molecule has 0 bridgehead atoms. The van der Waals surface area contributed by atoms with Crippen molar-refractivity contribution in [3.8, 4) is 6.07 Å². The molecule has 1 aliphatic rings. The first-order chi connectivity index (χ1) is 9.43. The molecule has 0 aliphatic carbocycles. The molecule has 0 spiro atoms. The van der Waals surface area contributed by atoms with Gasteiger partial charge in [-0.1, -0.05) is 0 Å². The quantitative estimate of drug-likeness (QED) is 0.846. The standard InChI is InChI=1S/C13H19N3O2S2/c1-15-7-5-11(6-8-15)10-16(2)20(17,18)13-4-3-12(9-14)19-13/h3-4,11H,5-8,10H2,1-2H3. The van der Waals surface area contributed by atoms with E-state index in [1.165, 1.54) is 10.4 Å². The monoisotopic (exact) mass is 313 g/mol. The second-order valence-corrected chi connectivity index (χ2v) is 8.62. The molecule has 0 atom stereocenters. The molecule has 20 heavy (non-hydrogen) atoms. The molecule has 5 nitrogen and oxygen atoms in total. The highest BCUT2D eigenvalue weighted by Crippen LogP contribution is 2.25. The predicted octanol–water partition coefficient (Wildman–Crippen LogP) is 1.58. The van der Waals surface area contributed by atoms with Gasteiger partial charge in [0.05, 0.1) is 0 Å². The van der Waals surface area contributed by atoms with Crippen LogP contribution in [-0.2, 0) is 10.0 Å². The average Bonchev–Trinajstić information content (AvgIpc) is 2.90. The average molecular weight is 313 g/mol. The number of rotatable bonds is 4. The van der Waals surface area contributed by atoms with Gasteiger partial charge in [-0.3, -0.25) is 0 Å². The van der Waals surface area contributed by atoms with Gasteiger partial charge >= 0.3 is 0 Å². The fraction of sp³-hybridized carbons (Fsp3) is 0.615. The summed E-state index contributed by atoms with van der Waals surface area (Å²) >= 11 is 1.03. The van der Waals surface area contributed by atoms with Crippen LogP contribution in [0, 0.1) is 17.2 Å². The number of likely N-dealkylation sites (tertiary alicyclic amines) is 1. The maximum atomic E-state index is 12.4. The summed E-state index contributed by atoms with van der Waals surface area (Å²) in [5.41, 5.74) is 0. The molecule has 2 heterocycles. The van der Waals surface area contributed by atoms with E-state index in [9.17, 15) is 8.42 Å². The van der Waals surface area contributed by atoms with Gasteiger partial charge in [-0.2, -0.15) is 9.57 Å². The largest absolute Gasteiger partial charge is 0.306 e. The van der Waals surface area contributed by atoms with Crippen LogP contribution in [0.1, 0.15) is 17.7 Å². The Kier molecular flexibility index (Phi) is 4.81. The lowest BCUT2D eigenvalue weighted by molar-refractivity contribution is 0.202. The van der Waals surface area contributed by atoms with E-state index in [0.29, 0.717) is 17.3 Å². The Morgan fingerprint density at radius 3 is 2.65 bits per heavy atom. The zero-order chi connectivity index (χ0) is 14.8. The SMILES string of the molecule is CN1CCC(CN(C)S(=O)(=O)c2ccc(C#N)s2)CC1. The molecule has 110 valence electrons. The van der Waals surface area contributed by atoms with E-state index in [0.717, 1.165) is 37.3 Å². The van der Waals surface area contributed by atoms with Crippen molar-refractivity contribution in [3.63, 3.8) is 0 Å². The lowest BCUT2D eigenvalue weighted by Gasteiger charge is -2.31. The van der Waals surface area contributed by atoms with E-state index in [1.807, 2.05) is 6.07 Å². The first-order valence-corrected chi connectivity index (χ1v) is 8.84. The molecule has 1 aromatic rings. The number of nitrogens with zero attached hydrogens (tertiary/aromatic N) is 3. The summed E-state index contributed by atoms with van der Waals surface area (Å²) in [6, 6.07) is 5.05. The van der Waals surface area contributed by atoms with Gasteiger partial charge < -0.3 is 4.90 Å². The Labute approximate surface area is 124 Å². The fourth-order valence-corrected chi connectivity index (χ4v) is 4.94. The zero-order valence-electron chi connectivity index (χ0n) is 11.7. The van der Waals surface area contributed by atoms with Gasteiger partial charge in [0.1, 0.15) is 15.2 Å². The number of hydrogen-bond donors (Lipinski definition) is 0. The number of sulfonamides is 1. The van der Waals surface area contributed by atoms with Gasteiger partial charge in [0.15, 0.2) is 0 Å². The number of nitriles is 1. The summed E-state index contributed by atoms with van der Waals surface area (Å²) in [7, 11) is 0.259. The second kappa shape index (κ2) is 6.22. The normalized spacial score (nSPS) is 18.3. The molecule has 0 saturated carbocycles. The van der Waals surface area contributed by atoms with Gasteiger partial charge in [0.2, 0.25) is 0 Å².